The standard InChI is InChI=1S/C10H15NO5/c1-10(2)15-5-7(16-10)6-3-8(12)11(4-6)9(13)14/h6-7H,3-5H2,1-2H3,(H,13,14). The molecule has 2 amide bonds. The Hall–Kier alpha value is -1.14. The van der Waals surface area contributed by atoms with Crippen molar-refractivity contribution < 1.29 is 24.2 Å². The van der Waals surface area contributed by atoms with Gasteiger partial charge in [-0.2, -0.15) is 0 Å². The number of nitrogens with zero attached hydrogens (tertiary/aromatic N) is 1. The molecule has 1 N–H and O–H groups in total. The molecular formula is C10H15NO5. The van der Waals surface area contributed by atoms with Gasteiger partial charge in [0.25, 0.3) is 0 Å². The Bertz CT molecular complexity index is 327. The quantitative estimate of drug-likeness (QED) is 0.715. The smallest absolute Gasteiger partial charge is 0.414 e. The van der Waals surface area contributed by atoms with Crippen molar-refractivity contribution in [2.75, 3.05) is 13.2 Å². The van der Waals surface area contributed by atoms with Crippen LogP contribution in [0.3, 0.4) is 0 Å². The van der Waals surface area contributed by atoms with Crippen molar-refractivity contribution in [3.05, 3.63) is 0 Å². The largest absolute Gasteiger partial charge is 0.465 e. The monoisotopic (exact) mass is 229 g/mol. The molecule has 2 rings (SSSR count). The van der Waals surface area contributed by atoms with Crippen molar-refractivity contribution in [2.45, 2.75) is 32.2 Å². The summed E-state index contributed by atoms with van der Waals surface area (Å²) in [6, 6.07) is 0. The Morgan fingerprint density at radius 1 is 1.56 bits per heavy atom. The Kier molecular flexibility index (Phi) is 2.63. The maximum atomic E-state index is 11.4. The van der Waals surface area contributed by atoms with E-state index in [2.05, 4.69) is 0 Å². The summed E-state index contributed by atoms with van der Waals surface area (Å²) >= 11 is 0. The molecule has 0 aromatic carbocycles. The van der Waals surface area contributed by atoms with Crippen LogP contribution in [0.2, 0.25) is 0 Å². The fourth-order valence-corrected chi connectivity index (χ4v) is 2.12. The van der Waals surface area contributed by atoms with E-state index in [1.54, 1.807) is 13.8 Å². The minimum Gasteiger partial charge on any atom is -0.465 e. The van der Waals surface area contributed by atoms with Gasteiger partial charge in [0, 0.05) is 18.9 Å². The van der Waals surface area contributed by atoms with E-state index in [-0.39, 0.29) is 30.9 Å². The fraction of sp³-hybridized carbons (Fsp3) is 0.800. The van der Waals surface area contributed by atoms with Gasteiger partial charge in [-0.25, -0.2) is 9.69 Å². The van der Waals surface area contributed by atoms with Gasteiger partial charge in [-0.05, 0) is 13.8 Å². The first-order valence-corrected chi connectivity index (χ1v) is 5.24. The maximum absolute atomic E-state index is 11.4. The Morgan fingerprint density at radius 3 is 2.69 bits per heavy atom. The van der Waals surface area contributed by atoms with Gasteiger partial charge in [-0.3, -0.25) is 4.79 Å². The highest BCUT2D eigenvalue weighted by molar-refractivity contribution is 5.92. The van der Waals surface area contributed by atoms with E-state index in [1.165, 1.54) is 0 Å². The van der Waals surface area contributed by atoms with E-state index in [4.69, 9.17) is 14.6 Å². The number of carboxylic acid groups (broad SMARTS) is 1. The molecule has 2 unspecified atom stereocenters. The van der Waals surface area contributed by atoms with Crippen LogP contribution in [0.5, 0.6) is 0 Å². The first-order valence-electron chi connectivity index (χ1n) is 5.24. The first-order chi connectivity index (χ1) is 7.39. The molecular weight excluding hydrogens is 214 g/mol. The number of rotatable bonds is 1. The van der Waals surface area contributed by atoms with E-state index in [0.717, 1.165) is 4.90 Å². The topological polar surface area (TPSA) is 76.1 Å². The van der Waals surface area contributed by atoms with Crippen LogP contribution in [0.1, 0.15) is 20.3 Å². The van der Waals surface area contributed by atoms with Crippen LogP contribution in [0.25, 0.3) is 0 Å². The predicted octanol–water partition coefficient (Wildman–Crippen LogP) is 0.664. The van der Waals surface area contributed by atoms with Crippen LogP contribution in [0.4, 0.5) is 4.79 Å². The first kappa shape index (κ1) is 11.3. The van der Waals surface area contributed by atoms with Gasteiger partial charge >= 0.3 is 6.09 Å². The van der Waals surface area contributed by atoms with Crippen molar-refractivity contribution in [1.82, 2.24) is 4.90 Å². The zero-order valence-corrected chi connectivity index (χ0v) is 9.30. The minimum atomic E-state index is -1.19. The highest BCUT2D eigenvalue weighted by Gasteiger charge is 2.44. The lowest BCUT2D eigenvalue weighted by Gasteiger charge is -2.20. The number of likely N-dealkylation sites (tertiary alicyclic amines) is 1. The van der Waals surface area contributed by atoms with E-state index in [9.17, 15) is 9.59 Å². The summed E-state index contributed by atoms with van der Waals surface area (Å²) in [6.45, 7) is 4.23. The van der Waals surface area contributed by atoms with Crippen LogP contribution >= 0.6 is 0 Å². The van der Waals surface area contributed by atoms with Crippen LogP contribution in [-0.4, -0.2) is 47.0 Å². The van der Waals surface area contributed by atoms with Gasteiger partial charge in [0.05, 0.1) is 12.7 Å². The average Bonchev–Trinajstić information content (AvgIpc) is 2.69. The molecule has 16 heavy (non-hydrogen) atoms. The molecule has 0 aromatic heterocycles. The fourth-order valence-electron chi connectivity index (χ4n) is 2.12. The molecule has 2 saturated heterocycles. The second-order valence-corrected chi connectivity index (χ2v) is 4.62. The molecule has 90 valence electrons. The second kappa shape index (κ2) is 3.71. The average molecular weight is 229 g/mol. The number of ether oxygens (including phenoxy) is 2. The third-order valence-electron chi connectivity index (χ3n) is 2.94. The van der Waals surface area contributed by atoms with Gasteiger partial charge in [0.2, 0.25) is 5.91 Å². The summed E-state index contributed by atoms with van der Waals surface area (Å²) in [6.07, 6.45) is -1.16. The third-order valence-corrected chi connectivity index (χ3v) is 2.94. The predicted molar refractivity (Wildman–Crippen MR) is 52.7 cm³/mol. The number of imide groups is 1. The molecule has 2 atom stereocenters. The summed E-state index contributed by atoms with van der Waals surface area (Å²) in [5.74, 6) is -1.08. The van der Waals surface area contributed by atoms with Gasteiger partial charge in [0.15, 0.2) is 5.79 Å². The molecule has 0 spiro atoms. The molecule has 2 aliphatic rings. The molecule has 0 radical (unpaired) electrons. The molecule has 2 aliphatic heterocycles. The molecule has 0 aliphatic carbocycles. The van der Waals surface area contributed by atoms with Crippen LogP contribution < -0.4 is 0 Å². The molecule has 2 fully saturated rings. The zero-order chi connectivity index (χ0) is 11.9. The molecule has 0 bridgehead atoms. The summed E-state index contributed by atoms with van der Waals surface area (Å²) in [5, 5.41) is 8.78. The van der Waals surface area contributed by atoms with Crippen LogP contribution in [0.15, 0.2) is 0 Å². The number of carbonyl (C=O) groups excluding carboxylic acids is 1. The normalized spacial score (nSPS) is 33.4. The summed E-state index contributed by atoms with van der Waals surface area (Å²) in [4.78, 5) is 23.0. The number of hydrogen-bond acceptors (Lipinski definition) is 4. The number of hydrogen-bond donors (Lipinski definition) is 1. The molecule has 0 aromatic rings. The summed E-state index contributed by atoms with van der Waals surface area (Å²) < 4.78 is 11.0. The van der Waals surface area contributed by atoms with Gasteiger partial charge < -0.3 is 14.6 Å². The number of amides is 2. The van der Waals surface area contributed by atoms with Crippen molar-refractivity contribution in [2.24, 2.45) is 5.92 Å². The van der Waals surface area contributed by atoms with Crippen molar-refractivity contribution in [3.63, 3.8) is 0 Å². The lowest BCUT2D eigenvalue weighted by molar-refractivity contribution is -0.144. The zero-order valence-electron chi connectivity index (χ0n) is 9.30. The Labute approximate surface area is 93.1 Å². The van der Waals surface area contributed by atoms with Crippen LogP contribution in [0, 0.1) is 5.92 Å². The van der Waals surface area contributed by atoms with E-state index >= 15 is 0 Å². The molecule has 6 nitrogen and oxygen atoms in total. The lowest BCUT2D eigenvalue weighted by Crippen LogP contribution is -2.33. The Balaban J connectivity index is 1.99. The molecule has 6 heteroatoms. The SMILES string of the molecule is CC1(C)OCC(C2CC(=O)N(C(=O)O)C2)O1. The van der Waals surface area contributed by atoms with Crippen LogP contribution in [-0.2, 0) is 14.3 Å². The highest BCUT2D eigenvalue weighted by atomic mass is 16.7. The summed E-state index contributed by atoms with van der Waals surface area (Å²) in [7, 11) is 0. The second-order valence-electron chi connectivity index (χ2n) is 4.62. The molecule has 0 saturated carbocycles. The van der Waals surface area contributed by atoms with E-state index in [1.807, 2.05) is 0 Å². The maximum Gasteiger partial charge on any atom is 0.414 e. The van der Waals surface area contributed by atoms with Gasteiger partial charge in [-0.1, -0.05) is 0 Å². The number of carbonyl (C=O) groups is 2. The van der Waals surface area contributed by atoms with Gasteiger partial charge in [0.1, 0.15) is 0 Å². The highest BCUT2D eigenvalue weighted by Crippen LogP contribution is 2.31. The third kappa shape index (κ3) is 2.03. The lowest BCUT2D eigenvalue weighted by atomic mass is 10.0. The van der Waals surface area contributed by atoms with Gasteiger partial charge in [-0.15, -0.1) is 0 Å². The summed E-state index contributed by atoms with van der Waals surface area (Å²) in [5.41, 5.74) is 0. The van der Waals surface area contributed by atoms with Crippen molar-refractivity contribution in [3.8, 4) is 0 Å². The van der Waals surface area contributed by atoms with E-state index < -0.39 is 11.9 Å². The molecule has 2 heterocycles. The van der Waals surface area contributed by atoms with Crippen molar-refractivity contribution in [1.29, 1.82) is 0 Å². The Morgan fingerprint density at radius 2 is 2.25 bits per heavy atom. The van der Waals surface area contributed by atoms with E-state index in [0.29, 0.717) is 6.61 Å². The van der Waals surface area contributed by atoms with Crippen molar-refractivity contribution >= 4 is 12.0 Å². The minimum absolute atomic E-state index is 0.0922.